The van der Waals surface area contributed by atoms with Crippen molar-refractivity contribution in [1.29, 1.82) is 0 Å². The van der Waals surface area contributed by atoms with Gasteiger partial charge < -0.3 is 4.90 Å². The Morgan fingerprint density at radius 1 is 0.636 bits per heavy atom. The van der Waals surface area contributed by atoms with Crippen molar-refractivity contribution in [1.82, 2.24) is 9.34 Å². The van der Waals surface area contributed by atoms with Gasteiger partial charge in [-0.25, -0.2) is 4.44 Å². The van der Waals surface area contributed by atoms with Crippen LogP contribution in [0.25, 0.3) is 0 Å². The van der Waals surface area contributed by atoms with Crippen LogP contribution >= 0.6 is 16.1 Å². The van der Waals surface area contributed by atoms with Crippen molar-refractivity contribution >= 4 is 32.1 Å². The molecule has 170 valence electrons. The Morgan fingerprint density at radius 3 is 1.61 bits per heavy atom. The second-order valence-electron chi connectivity index (χ2n) is 8.49. The Balaban J connectivity index is 1.84. The molecule has 0 saturated carbocycles. The van der Waals surface area contributed by atoms with Gasteiger partial charge in [0.1, 0.15) is 0 Å². The van der Waals surface area contributed by atoms with Crippen LogP contribution in [-0.2, 0) is 0 Å². The fraction of sp³-hybridized carbons (Fsp3) is 0.241. The Hall–Kier alpha value is -2.08. The van der Waals surface area contributed by atoms with E-state index >= 15 is 0 Å². The van der Waals surface area contributed by atoms with Gasteiger partial charge in [0.05, 0.1) is 0 Å². The van der Waals surface area contributed by atoms with Crippen LogP contribution < -0.4 is 15.9 Å². The molecule has 1 unspecified atom stereocenters. The zero-order valence-corrected chi connectivity index (χ0v) is 21.5. The predicted molar refractivity (Wildman–Crippen MR) is 148 cm³/mol. The van der Waals surface area contributed by atoms with E-state index in [1.54, 1.807) is 0 Å². The molecule has 0 aromatic heterocycles. The first-order valence-electron chi connectivity index (χ1n) is 11.8. The highest BCUT2D eigenvalue weighted by atomic mass is 31.2. The summed E-state index contributed by atoms with van der Waals surface area (Å²) >= 11 is 0. The number of hydrogen-bond acceptors (Lipinski definition) is 2. The van der Waals surface area contributed by atoms with Gasteiger partial charge in [0.15, 0.2) is 0 Å². The molecule has 0 amide bonds. The molecule has 0 fully saturated rings. The van der Waals surface area contributed by atoms with Crippen molar-refractivity contribution < 1.29 is 0 Å². The topological polar surface area (TPSA) is 6.48 Å². The Labute approximate surface area is 202 Å². The van der Waals surface area contributed by atoms with E-state index < -0.39 is 16.1 Å². The van der Waals surface area contributed by atoms with Gasteiger partial charge in [-0.3, -0.25) is 0 Å². The second-order valence-corrected chi connectivity index (χ2v) is 13.1. The highest BCUT2D eigenvalue weighted by molar-refractivity contribution is 7.83. The number of rotatable bonds is 10. The minimum Gasteiger partial charge on any atom is -0.309 e. The van der Waals surface area contributed by atoms with Gasteiger partial charge in [-0.05, 0) is 61.1 Å². The van der Waals surface area contributed by atoms with Crippen LogP contribution in [0.1, 0.15) is 19.3 Å². The van der Waals surface area contributed by atoms with Crippen molar-refractivity contribution in [3.05, 3.63) is 115 Å². The standard InChI is InChI=1S/C29H34N2P2/c1-30(2)24-15-25-31(32(26-16-7-3-8-17-26)27-18-9-4-10-19-27)33(28-20-11-5-12-21-28)29-22-13-6-14-23-29/h3-5,7-13,16-23H,6,14-15,24-25H2,1-2H3. The van der Waals surface area contributed by atoms with Crippen LogP contribution in [0.15, 0.2) is 115 Å². The van der Waals surface area contributed by atoms with Gasteiger partial charge in [-0.15, -0.1) is 0 Å². The van der Waals surface area contributed by atoms with Crippen molar-refractivity contribution in [3.8, 4) is 0 Å². The van der Waals surface area contributed by atoms with Crippen LogP contribution in [0.2, 0.25) is 0 Å². The molecule has 0 radical (unpaired) electrons. The molecular weight excluding hydrogens is 438 g/mol. The third-order valence-electron chi connectivity index (χ3n) is 5.65. The van der Waals surface area contributed by atoms with Gasteiger partial charge in [-0.1, -0.05) is 109 Å². The van der Waals surface area contributed by atoms with E-state index in [1.165, 1.54) is 21.2 Å². The normalized spacial score (nSPS) is 14.6. The minimum atomic E-state index is -0.664. The summed E-state index contributed by atoms with van der Waals surface area (Å²) in [6.45, 7) is 2.16. The molecule has 2 nitrogen and oxygen atoms in total. The van der Waals surface area contributed by atoms with Gasteiger partial charge in [-0.2, -0.15) is 0 Å². The third kappa shape index (κ3) is 6.50. The third-order valence-corrected chi connectivity index (χ3v) is 11.2. The van der Waals surface area contributed by atoms with Crippen LogP contribution in [-0.4, -0.2) is 36.5 Å². The molecule has 0 bridgehead atoms. The van der Waals surface area contributed by atoms with Crippen LogP contribution in [0, 0.1) is 0 Å². The van der Waals surface area contributed by atoms with Crippen molar-refractivity contribution in [2.75, 3.05) is 27.2 Å². The lowest BCUT2D eigenvalue weighted by Crippen LogP contribution is -2.30. The van der Waals surface area contributed by atoms with Gasteiger partial charge in [0.2, 0.25) is 0 Å². The predicted octanol–water partition coefficient (Wildman–Crippen LogP) is 6.24. The highest BCUT2D eigenvalue weighted by Crippen LogP contribution is 2.60. The molecule has 0 N–H and O–H groups in total. The van der Waals surface area contributed by atoms with E-state index in [9.17, 15) is 0 Å². The summed E-state index contributed by atoms with van der Waals surface area (Å²) < 4.78 is 2.86. The highest BCUT2D eigenvalue weighted by Gasteiger charge is 2.31. The largest absolute Gasteiger partial charge is 0.309 e. The summed E-state index contributed by atoms with van der Waals surface area (Å²) in [5.74, 6) is 0. The summed E-state index contributed by atoms with van der Waals surface area (Å²) in [7, 11) is 3.05. The first kappa shape index (κ1) is 24.1. The maximum atomic E-state index is 2.86. The van der Waals surface area contributed by atoms with Crippen LogP contribution in [0.5, 0.6) is 0 Å². The second kappa shape index (κ2) is 12.4. The average molecular weight is 473 g/mol. The molecule has 1 aliphatic carbocycles. The molecule has 3 aromatic carbocycles. The summed E-state index contributed by atoms with van der Waals surface area (Å²) in [6, 6.07) is 33.5. The van der Waals surface area contributed by atoms with Crippen molar-refractivity contribution in [3.63, 3.8) is 0 Å². The minimum absolute atomic E-state index is 0.637. The number of benzene rings is 3. The van der Waals surface area contributed by atoms with Crippen LogP contribution in [0.3, 0.4) is 0 Å². The van der Waals surface area contributed by atoms with E-state index in [-0.39, 0.29) is 0 Å². The Bertz CT molecular complexity index is 993. The molecule has 1 atom stereocenters. The van der Waals surface area contributed by atoms with Gasteiger partial charge in [0.25, 0.3) is 0 Å². The lowest BCUT2D eigenvalue weighted by atomic mass is 10.2. The molecule has 0 spiro atoms. The van der Waals surface area contributed by atoms with E-state index in [4.69, 9.17) is 0 Å². The molecule has 0 aliphatic heterocycles. The fourth-order valence-electron chi connectivity index (χ4n) is 4.11. The zero-order valence-electron chi connectivity index (χ0n) is 19.7. The van der Waals surface area contributed by atoms with E-state index in [2.05, 4.69) is 133 Å². The molecule has 33 heavy (non-hydrogen) atoms. The van der Waals surface area contributed by atoms with Gasteiger partial charge >= 0.3 is 0 Å². The molecular formula is C29H34N2P2. The first-order valence-corrected chi connectivity index (χ1v) is 14.4. The molecule has 0 saturated heterocycles. The summed E-state index contributed by atoms with van der Waals surface area (Å²) in [5, 5.41) is 5.78. The quantitative estimate of drug-likeness (QED) is 0.322. The van der Waals surface area contributed by atoms with Crippen molar-refractivity contribution in [2.24, 2.45) is 0 Å². The van der Waals surface area contributed by atoms with Gasteiger partial charge in [0, 0.05) is 22.7 Å². The maximum absolute atomic E-state index is 2.86. The zero-order chi connectivity index (χ0) is 22.9. The van der Waals surface area contributed by atoms with E-state index in [0.717, 1.165) is 32.4 Å². The van der Waals surface area contributed by atoms with E-state index in [1.807, 2.05) is 0 Å². The summed E-state index contributed by atoms with van der Waals surface area (Å²) in [5.41, 5.74) is 0. The maximum Gasteiger partial charge on any atom is 0.0323 e. The molecule has 4 heteroatoms. The summed E-state index contributed by atoms with van der Waals surface area (Å²) in [4.78, 5) is 2.30. The van der Waals surface area contributed by atoms with Crippen molar-refractivity contribution in [2.45, 2.75) is 19.3 Å². The summed E-state index contributed by atoms with van der Waals surface area (Å²) in [6.07, 6.45) is 10.7. The Kier molecular flexibility index (Phi) is 9.04. The number of hydrogen-bond donors (Lipinski definition) is 0. The number of nitrogens with zero attached hydrogens (tertiary/aromatic N) is 2. The monoisotopic (exact) mass is 472 g/mol. The molecule has 4 rings (SSSR count). The average Bonchev–Trinajstić information content (AvgIpc) is 2.87. The SMILES string of the molecule is CN(C)CCCN(P(C1=CCCC=C1)c1ccccc1)P(c1ccccc1)c1ccccc1. The molecule has 0 heterocycles. The molecule has 3 aromatic rings. The smallest absolute Gasteiger partial charge is 0.0323 e. The van der Waals surface area contributed by atoms with E-state index in [0.29, 0.717) is 0 Å². The first-order chi connectivity index (χ1) is 16.2. The van der Waals surface area contributed by atoms with Crippen LogP contribution in [0.4, 0.5) is 0 Å². The lowest BCUT2D eigenvalue weighted by molar-refractivity contribution is 0.391. The fourth-order valence-corrected chi connectivity index (χ4v) is 10.3. The molecule has 1 aliphatic rings. The number of allylic oxidation sites excluding steroid dienone is 4. The lowest BCUT2D eigenvalue weighted by Gasteiger charge is -2.40. The Morgan fingerprint density at radius 2 is 1.15 bits per heavy atom.